The Morgan fingerprint density at radius 1 is 1.23 bits per heavy atom. The maximum absolute atomic E-state index is 12.3. The average Bonchev–Trinajstić information content (AvgIpc) is 3.13. The number of nitrogens with one attached hydrogen (secondary N) is 1. The van der Waals surface area contributed by atoms with Crippen LogP contribution in [0.4, 0.5) is 5.69 Å². The van der Waals surface area contributed by atoms with E-state index in [1.807, 2.05) is 0 Å². The maximum Gasteiger partial charge on any atom is 0.335 e. The van der Waals surface area contributed by atoms with Crippen molar-refractivity contribution in [1.82, 2.24) is 0 Å². The third kappa shape index (κ3) is 2.76. The average molecular weight is 315 g/mol. The Morgan fingerprint density at radius 3 is 2.59 bits per heavy atom. The third-order valence-corrected chi connectivity index (χ3v) is 5.24. The molecule has 1 aliphatic carbocycles. The highest BCUT2D eigenvalue weighted by molar-refractivity contribution is 7.10. The number of amides is 1. The van der Waals surface area contributed by atoms with Crippen molar-refractivity contribution in [2.45, 2.75) is 26.2 Å². The minimum absolute atomic E-state index is 0.0141. The molecule has 0 radical (unpaired) electrons. The monoisotopic (exact) mass is 315 g/mol. The summed E-state index contributed by atoms with van der Waals surface area (Å²) in [4.78, 5) is 24.6. The molecular weight excluding hydrogens is 298 g/mol. The van der Waals surface area contributed by atoms with Gasteiger partial charge in [-0.05, 0) is 61.0 Å². The zero-order chi connectivity index (χ0) is 15.9. The van der Waals surface area contributed by atoms with Crippen LogP contribution in [0, 0.1) is 19.8 Å². The van der Waals surface area contributed by atoms with Crippen LogP contribution in [-0.2, 0) is 4.79 Å². The van der Waals surface area contributed by atoms with E-state index in [4.69, 9.17) is 5.11 Å². The van der Waals surface area contributed by atoms with Gasteiger partial charge in [-0.3, -0.25) is 4.79 Å². The van der Waals surface area contributed by atoms with Gasteiger partial charge in [-0.15, -0.1) is 11.3 Å². The van der Waals surface area contributed by atoms with Crippen molar-refractivity contribution in [3.05, 3.63) is 51.2 Å². The molecule has 0 spiro atoms. The van der Waals surface area contributed by atoms with E-state index in [0.717, 1.165) is 6.42 Å². The molecule has 0 aliphatic heterocycles. The number of aromatic carboxylic acids is 1. The van der Waals surface area contributed by atoms with Gasteiger partial charge in [-0.1, -0.05) is 0 Å². The number of anilines is 1. The summed E-state index contributed by atoms with van der Waals surface area (Å²) in [7, 11) is 0. The Hall–Kier alpha value is -2.14. The molecule has 114 valence electrons. The first kappa shape index (κ1) is 14.8. The van der Waals surface area contributed by atoms with E-state index in [1.165, 1.54) is 16.5 Å². The summed E-state index contributed by atoms with van der Waals surface area (Å²) >= 11 is 1.71. The van der Waals surface area contributed by atoms with Gasteiger partial charge in [0, 0.05) is 22.4 Å². The summed E-state index contributed by atoms with van der Waals surface area (Å²) in [5.74, 6) is -0.581. The molecule has 5 heteroatoms. The quantitative estimate of drug-likeness (QED) is 0.901. The highest BCUT2D eigenvalue weighted by Gasteiger charge is 2.45. The first-order valence-electron chi connectivity index (χ1n) is 7.16. The molecule has 0 saturated heterocycles. The molecule has 2 unspecified atom stereocenters. The Bertz CT molecular complexity index is 750. The van der Waals surface area contributed by atoms with Crippen LogP contribution in [0.1, 0.15) is 38.7 Å². The number of carboxylic acids is 1. The van der Waals surface area contributed by atoms with Crippen molar-refractivity contribution in [3.63, 3.8) is 0 Å². The molecule has 2 N–H and O–H groups in total. The van der Waals surface area contributed by atoms with E-state index < -0.39 is 5.97 Å². The van der Waals surface area contributed by atoms with Crippen molar-refractivity contribution < 1.29 is 14.7 Å². The lowest BCUT2D eigenvalue weighted by atomic mass is 10.1. The second-order valence-electron chi connectivity index (χ2n) is 5.74. The molecule has 1 aliphatic rings. The fraction of sp³-hybridized carbons (Fsp3) is 0.294. The molecule has 4 nitrogen and oxygen atoms in total. The molecule has 1 saturated carbocycles. The fourth-order valence-electron chi connectivity index (χ4n) is 2.76. The fourth-order valence-corrected chi connectivity index (χ4v) is 3.86. The van der Waals surface area contributed by atoms with Gasteiger partial charge in [-0.25, -0.2) is 4.79 Å². The zero-order valence-corrected chi connectivity index (χ0v) is 13.2. The summed E-state index contributed by atoms with van der Waals surface area (Å²) in [5, 5.41) is 14.0. The van der Waals surface area contributed by atoms with E-state index in [1.54, 1.807) is 30.4 Å². The number of carboxylic acid groups (broad SMARTS) is 1. The maximum atomic E-state index is 12.3. The Balaban J connectivity index is 1.67. The lowest BCUT2D eigenvalue weighted by Gasteiger charge is -2.07. The van der Waals surface area contributed by atoms with Gasteiger partial charge < -0.3 is 10.4 Å². The molecule has 22 heavy (non-hydrogen) atoms. The highest BCUT2D eigenvalue weighted by atomic mass is 32.1. The van der Waals surface area contributed by atoms with Gasteiger partial charge in [0.1, 0.15) is 0 Å². The van der Waals surface area contributed by atoms with E-state index in [2.05, 4.69) is 23.7 Å². The minimum atomic E-state index is -0.953. The predicted octanol–water partition coefficient (Wildman–Crippen LogP) is 3.81. The van der Waals surface area contributed by atoms with Crippen molar-refractivity contribution >= 4 is 28.9 Å². The van der Waals surface area contributed by atoms with Crippen LogP contribution in [0.15, 0.2) is 29.6 Å². The van der Waals surface area contributed by atoms with Crippen LogP contribution in [-0.4, -0.2) is 17.0 Å². The number of thiophene rings is 1. The molecule has 1 amide bonds. The van der Waals surface area contributed by atoms with Gasteiger partial charge in [0.2, 0.25) is 5.91 Å². The molecule has 1 heterocycles. The first-order valence-corrected chi connectivity index (χ1v) is 8.04. The van der Waals surface area contributed by atoms with Crippen LogP contribution in [0.2, 0.25) is 0 Å². The number of aryl methyl sites for hydroxylation is 2. The smallest absolute Gasteiger partial charge is 0.335 e. The van der Waals surface area contributed by atoms with Crippen molar-refractivity contribution in [1.29, 1.82) is 0 Å². The summed E-state index contributed by atoms with van der Waals surface area (Å²) in [6, 6.07) is 6.96. The third-order valence-electron chi connectivity index (χ3n) is 4.09. The summed E-state index contributed by atoms with van der Waals surface area (Å²) in [5.41, 5.74) is 2.82. The van der Waals surface area contributed by atoms with E-state index >= 15 is 0 Å². The molecule has 1 fully saturated rings. The lowest BCUT2D eigenvalue weighted by Crippen LogP contribution is -2.15. The van der Waals surface area contributed by atoms with E-state index in [9.17, 15) is 9.59 Å². The normalized spacial score (nSPS) is 19.7. The number of hydrogen-bond donors (Lipinski definition) is 2. The second kappa shape index (κ2) is 5.57. The van der Waals surface area contributed by atoms with Crippen LogP contribution in [0.25, 0.3) is 0 Å². The van der Waals surface area contributed by atoms with Gasteiger partial charge in [0.15, 0.2) is 0 Å². The highest BCUT2D eigenvalue weighted by Crippen LogP contribution is 2.50. The largest absolute Gasteiger partial charge is 0.478 e. The van der Waals surface area contributed by atoms with Gasteiger partial charge in [-0.2, -0.15) is 0 Å². The lowest BCUT2D eigenvalue weighted by molar-refractivity contribution is -0.117. The second-order valence-corrected chi connectivity index (χ2v) is 6.69. The first-order chi connectivity index (χ1) is 10.5. The SMILES string of the molecule is Cc1cc(NC(=O)C2CC2c2sccc2C)ccc1C(=O)O. The molecule has 3 rings (SSSR count). The topological polar surface area (TPSA) is 66.4 Å². The van der Waals surface area contributed by atoms with Gasteiger partial charge in [0.25, 0.3) is 0 Å². The molecule has 1 aromatic carbocycles. The molecule has 1 aromatic heterocycles. The van der Waals surface area contributed by atoms with Crippen LogP contribution in [0.3, 0.4) is 0 Å². The number of carbonyl (C=O) groups is 2. The summed E-state index contributed by atoms with van der Waals surface area (Å²) in [6.07, 6.45) is 0.888. The Kier molecular flexibility index (Phi) is 3.74. The number of rotatable bonds is 4. The minimum Gasteiger partial charge on any atom is -0.478 e. The molecule has 2 aromatic rings. The van der Waals surface area contributed by atoms with Crippen molar-refractivity contribution in [2.24, 2.45) is 5.92 Å². The number of benzene rings is 1. The summed E-state index contributed by atoms with van der Waals surface area (Å²) in [6.45, 7) is 3.81. The van der Waals surface area contributed by atoms with Crippen molar-refractivity contribution in [2.75, 3.05) is 5.32 Å². The Labute approximate surface area is 132 Å². The number of carbonyl (C=O) groups excluding carboxylic acids is 1. The molecule has 2 atom stereocenters. The molecular formula is C17H17NO3S. The van der Waals surface area contributed by atoms with Crippen molar-refractivity contribution in [3.8, 4) is 0 Å². The van der Waals surface area contributed by atoms with Crippen LogP contribution < -0.4 is 5.32 Å². The number of hydrogen-bond acceptors (Lipinski definition) is 3. The van der Waals surface area contributed by atoms with E-state index in [-0.39, 0.29) is 17.4 Å². The standard InChI is InChI=1S/C17H17NO3S/c1-9-5-6-22-15(9)13-8-14(13)16(19)18-11-3-4-12(17(20)21)10(2)7-11/h3-7,13-14H,8H2,1-2H3,(H,18,19)(H,20,21). The van der Waals surface area contributed by atoms with Crippen LogP contribution in [0.5, 0.6) is 0 Å². The Morgan fingerprint density at radius 2 is 2.00 bits per heavy atom. The zero-order valence-electron chi connectivity index (χ0n) is 12.4. The summed E-state index contributed by atoms with van der Waals surface area (Å²) < 4.78 is 0. The van der Waals surface area contributed by atoms with Gasteiger partial charge >= 0.3 is 5.97 Å². The predicted molar refractivity (Wildman–Crippen MR) is 86.7 cm³/mol. The van der Waals surface area contributed by atoms with E-state index in [0.29, 0.717) is 17.2 Å². The molecule has 0 bridgehead atoms. The van der Waals surface area contributed by atoms with Crippen LogP contribution >= 0.6 is 11.3 Å². The van der Waals surface area contributed by atoms with Gasteiger partial charge in [0.05, 0.1) is 5.56 Å².